The van der Waals surface area contributed by atoms with Crippen LogP contribution < -0.4 is 5.73 Å². The van der Waals surface area contributed by atoms with E-state index in [-0.39, 0.29) is 5.91 Å². The Balaban J connectivity index is 1.92. The van der Waals surface area contributed by atoms with Crippen molar-refractivity contribution < 1.29 is 4.79 Å². The Morgan fingerprint density at radius 2 is 2.11 bits per heavy atom. The standard InChI is InChI=1S/C14H20BrN3O/c1-17(8-9-18-6-2-3-7-18)14(19)11-4-5-12(15)13(16)10-11/h4-5,10H,2-3,6-9,16H2,1H3. The molecule has 0 bridgehead atoms. The molecule has 2 N–H and O–H groups in total. The van der Waals surface area contributed by atoms with Gasteiger partial charge in [-0.05, 0) is 60.1 Å². The van der Waals surface area contributed by atoms with Gasteiger partial charge in [0.05, 0.1) is 0 Å². The molecule has 104 valence electrons. The lowest BCUT2D eigenvalue weighted by molar-refractivity contribution is 0.0782. The van der Waals surface area contributed by atoms with Crippen LogP contribution in [0.1, 0.15) is 23.2 Å². The summed E-state index contributed by atoms with van der Waals surface area (Å²) in [6, 6.07) is 5.34. The van der Waals surface area contributed by atoms with Crippen LogP contribution >= 0.6 is 15.9 Å². The zero-order chi connectivity index (χ0) is 13.8. The van der Waals surface area contributed by atoms with Crippen molar-refractivity contribution in [1.29, 1.82) is 0 Å². The number of nitrogens with zero attached hydrogens (tertiary/aromatic N) is 2. The van der Waals surface area contributed by atoms with Crippen molar-refractivity contribution in [3.63, 3.8) is 0 Å². The van der Waals surface area contributed by atoms with E-state index in [1.54, 1.807) is 17.0 Å². The number of rotatable bonds is 4. The Kier molecular flexibility index (Phi) is 4.82. The van der Waals surface area contributed by atoms with E-state index in [1.165, 1.54) is 12.8 Å². The van der Waals surface area contributed by atoms with Gasteiger partial charge >= 0.3 is 0 Å². The molecule has 1 aliphatic heterocycles. The summed E-state index contributed by atoms with van der Waals surface area (Å²) < 4.78 is 0.823. The topological polar surface area (TPSA) is 49.6 Å². The minimum Gasteiger partial charge on any atom is -0.398 e. The molecule has 0 spiro atoms. The molecule has 0 radical (unpaired) electrons. The van der Waals surface area contributed by atoms with Crippen LogP contribution in [-0.2, 0) is 0 Å². The van der Waals surface area contributed by atoms with Crippen LogP contribution in [0.5, 0.6) is 0 Å². The molecule has 1 amide bonds. The van der Waals surface area contributed by atoms with Crippen LogP contribution in [0.3, 0.4) is 0 Å². The third-order valence-electron chi connectivity index (χ3n) is 3.54. The Labute approximate surface area is 122 Å². The molecule has 1 aromatic rings. The number of nitrogens with two attached hydrogens (primary N) is 1. The second-order valence-electron chi connectivity index (χ2n) is 5.01. The van der Waals surface area contributed by atoms with E-state index in [1.807, 2.05) is 13.1 Å². The lowest BCUT2D eigenvalue weighted by Crippen LogP contribution is -2.35. The number of carbonyl (C=O) groups is 1. The minimum atomic E-state index is 0.0263. The highest BCUT2D eigenvalue weighted by Crippen LogP contribution is 2.20. The average Bonchev–Trinajstić information content (AvgIpc) is 2.91. The van der Waals surface area contributed by atoms with Crippen LogP contribution in [0, 0.1) is 0 Å². The molecule has 0 atom stereocenters. The molecule has 2 rings (SSSR count). The summed E-state index contributed by atoms with van der Waals surface area (Å²) in [5, 5.41) is 0. The monoisotopic (exact) mass is 325 g/mol. The summed E-state index contributed by atoms with van der Waals surface area (Å²) in [4.78, 5) is 16.4. The lowest BCUT2D eigenvalue weighted by Gasteiger charge is -2.21. The first-order chi connectivity index (χ1) is 9.08. The van der Waals surface area contributed by atoms with Crippen molar-refractivity contribution in [1.82, 2.24) is 9.80 Å². The van der Waals surface area contributed by atoms with Gasteiger partial charge in [-0.3, -0.25) is 4.79 Å². The second kappa shape index (κ2) is 6.39. The maximum atomic E-state index is 12.2. The number of likely N-dealkylation sites (tertiary alicyclic amines) is 1. The van der Waals surface area contributed by atoms with Crippen molar-refractivity contribution in [3.8, 4) is 0 Å². The molecule has 1 saturated heterocycles. The fraction of sp³-hybridized carbons (Fsp3) is 0.500. The molecule has 1 fully saturated rings. The number of benzene rings is 1. The zero-order valence-corrected chi connectivity index (χ0v) is 12.8. The summed E-state index contributed by atoms with van der Waals surface area (Å²) in [5.74, 6) is 0.0263. The van der Waals surface area contributed by atoms with Gasteiger partial charge in [0.2, 0.25) is 0 Å². The van der Waals surface area contributed by atoms with Gasteiger partial charge in [-0.1, -0.05) is 0 Å². The average molecular weight is 326 g/mol. The highest BCUT2D eigenvalue weighted by molar-refractivity contribution is 9.10. The van der Waals surface area contributed by atoms with Gasteiger partial charge in [-0.15, -0.1) is 0 Å². The van der Waals surface area contributed by atoms with Gasteiger partial charge in [-0.25, -0.2) is 0 Å². The third-order valence-corrected chi connectivity index (χ3v) is 4.26. The Hall–Kier alpha value is -1.07. The van der Waals surface area contributed by atoms with Crippen LogP contribution in [0.4, 0.5) is 5.69 Å². The molecule has 4 nitrogen and oxygen atoms in total. The number of hydrogen-bond acceptors (Lipinski definition) is 3. The zero-order valence-electron chi connectivity index (χ0n) is 11.2. The van der Waals surface area contributed by atoms with Crippen molar-refractivity contribution >= 4 is 27.5 Å². The third kappa shape index (κ3) is 3.70. The van der Waals surface area contributed by atoms with Gasteiger partial charge in [0.15, 0.2) is 0 Å². The van der Waals surface area contributed by atoms with Crippen LogP contribution in [0.25, 0.3) is 0 Å². The van der Waals surface area contributed by atoms with Crippen molar-refractivity contribution in [3.05, 3.63) is 28.2 Å². The van der Waals surface area contributed by atoms with E-state index in [0.717, 1.165) is 30.7 Å². The molecule has 0 unspecified atom stereocenters. The predicted octanol–water partition coefficient (Wildman–Crippen LogP) is 2.20. The molecule has 1 heterocycles. The Morgan fingerprint density at radius 3 is 2.74 bits per heavy atom. The number of nitrogen functional groups attached to an aromatic ring is 1. The molecule has 19 heavy (non-hydrogen) atoms. The summed E-state index contributed by atoms with van der Waals surface area (Å²) in [7, 11) is 1.84. The quantitative estimate of drug-likeness (QED) is 0.863. The van der Waals surface area contributed by atoms with Gasteiger partial charge in [0.1, 0.15) is 0 Å². The molecule has 0 saturated carbocycles. The molecular weight excluding hydrogens is 306 g/mol. The van der Waals surface area contributed by atoms with Gasteiger partial charge < -0.3 is 15.5 Å². The van der Waals surface area contributed by atoms with Gasteiger partial charge in [0, 0.05) is 35.9 Å². The maximum Gasteiger partial charge on any atom is 0.253 e. The second-order valence-corrected chi connectivity index (χ2v) is 5.87. The van der Waals surface area contributed by atoms with E-state index in [9.17, 15) is 4.79 Å². The minimum absolute atomic E-state index is 0.0263. The van der Waals surface area contributed by atoms with Gasteiger partial charge in [0.25, 0.3) is 5.91 Å². The van der Waals surface area contributed by atoms with E-state index in [2.05, 4.69) is 20.8 Å². The number of halogens is 1. The van der Waals surface area contributed by atoms with E-state index >= 15 is 0 Å². The van der Waals surface area contributed by atoms with Crippen molar-refractivity contribution in [2.24, 2.45) is 0 Å². The lowest BCUT2D eigenvalue weighted by atomic mass is 10.2. The first-order valence-corrected chi connectivity index (χ1v) is 7.40. The fourth-order valence-electron chi connectivity index (χ4n) is 2.30. The number of anilines is 1. The highest BCUT2D eigenvalue weighted by Gasteiger charge is 2.16. The van der Waals surface area contributed by atoms with Crippen molar-refractivity contribution in [2.75, 3.05) is 39.0 Å². The summed E-state index contributed by atoms with van der Waals surface area (Å²) in [6.45, 7) is 4.03. The molecule has 5 heteroatoms. The Morgan fingerprint density at radius 1 is 1.42 bits per heavy atom. The number of carbonyl (C=O) groups excluding carboxylic acids is 1. The highest BCUT2D eigenvalue weighted by atomic mass is 79.9. The number of hydrogen-bond donors (Lipinski definition) is 1. The number of amides is 1. The summed E-state index contributed by atoms with van der Waals surface area (Å²) in [6.07, 6.45) is 2.56. The van der Waals surface area contributed by atoms with Gasteiger partial charge in [-0.2, -0.15) is 0 Å². The maximum absolute atomic E-state index is 12.2. The largest absolute Gasteiger partial charge is 0.398 e. The molecule has 0 aromatic heterocycles. The van der Waals surface area contributed by atoms with Crippen LogP contribution in [0.2, 0.25) is 0 Å². The normalized spacial score (nSPS) is 15.7. The molecular formula is C14H20BrN3O. The van der Waals surface area contributed by atoms with E-state index in [4.69, 9.17) is 5.73 Å². The van der Waals surface area contributed by atoms with Crippen molar-refractivity contribution in [2.45, 2.75) is 12.8 Å². The van der Waals surface area contributed by atoms with Crippen LogP contribution in [0.15, 0.2) is 22.7 Å². The molecule has 1 aliphatic rings. The first-order valence-electron chi connectivity index (χ1n) is 6.61. The SMILES string of the molecule is CN(CCN1CCCC1)C(=O)c1ccc(Br)c(N)c1. The molecule has 1 aromatic carbocycles. The predicted molar refractivity (Wildman–Crippen MR) is 81.2 cm³/mol. The fourth-order valence-corrected chi connectivity index (χ4v) is 2.54. The first kappa shape index (κ1) is 14.3. The Bertz CT molecular complexity index is 458. The van der Waals surface area contributed by atoms with E-state index in [0.29, 0.717) is 11.3 Å². The smallest absolute Gasteiger partial charge is 0.253 e. The summed E-state index contributed by atoms with van der Waals surface area (Å²) >= 11 is 3.33. The van der Waals surface area contributed by atoms with Crippen LogP contribution in [-0.4, -0.2) is 48.9 Å². The molecule has 0 aliphatic carbocycles. The summed E-state index contributed by atoms with van der Waals surface area (Å²) in [5.41, 5.74) is 7.05. The number of likely N-dealkylation sites (N-methyl/N-ethyl adjacent to an activating group) is 1. The van der Waals surface area contributed by atoms with E-state index < -0.39 is 0 Å².